The quantitative estimate of drug-likeness (QED) is 0.752. The minimum Gasteiger partial charge on any atom is -0.469 e. The molecule has 0 heterocycles. The molecule has 0 bridgehead atoms. The van der Waals surface area contributed by atoms with Gasteiger partial charge >= 0.3 is 5.97 Å². The van der Waals surface area contributed by atoms with E-state index in [1.807, 2.05) is 0 Å². The molecule has 1 fully saturated rings. The molecule has 16 heavy (non-hydrogen) atoms. The van der Waals surface area contributed by atoms with Crippen molar-refractivity contribution in [1.29, 1.82) is 0 Å². The Balaban J connectivity index is 2.76. The zero-order chi connectivity index (χ0) is 12.2. The van der Waals surface area contributed by atoms with Crippen molar-refractivity contribution in [3.05, 3.63) is 0 Å². The molecular weight excluding hydrogens is 204 g/mol. The fourth-order valence-corrected chi connectivity index (χ4v) is 2.66. The van der Waals surface area contributed by atoms with Gasteiger partial charge in [-0.25, -0.2) is 0 Å². The number of carbonyl (C=O) groups is 1. The summed E-state index contributed by atoms with van der Waals surface area (Å²) in [7, 11) is 1.40. The van der Waals surface area contributed by atoms with E-state index in [1.54, 1.807) is 0 Å². The molecule has 94 valence electrons. The highest BCUT2D eigenvalue weighted by molar-refractivity contribution is 5.73. The van der Waals surface area contributed by atoms with Gasteiger partial charge in [0.05, 0.1) is 18.6 Å². The fraction of sp³-hybridized carbons (Fsp3) is 0.923. The third kappa shape index (κ3) is 3.21. The standard InChI is InChI=1S/C13H24O3/c1-10(2)9-11(12(14)16-3)13(15)7-5-4-6-8-13/h10-11,15H,4-9H2,1-3H3. The molecule has 1 aliphatic rings. The predicted molar refractivity (Wildman–Crippen MR) is 63.0 cm³/mol. The van der Waals surface area contributed by atoms with Crippen molar-refractivity contribution in [1.82, 2.24) is 0 Å². The van der Waals surface area contributed by atoms with Crippen molar-refractivity contribution in [2.75, 3.05) is 7.11 Å². The monoisotopic (exact) mass is 228 g/mol. The van der Waals surface area contributed by atoms with Crippen LogP contribution in [0.5, 0.6) is 0 Å². The summed E-state index contributed by atoms with van der Waals surface area (Å²) in [5.41, 5.74) is -0.824. The Bertz CT molecular complexity index is 229. The van der Waals surface area contributed by atoms with Gasteiger partial charge in [-0.2, -0.15) is 0 Å². The van der Waals surface area contributed by atoms with Gasteiger partial charge in [-0.05, 0) is 25.2 Å². The van der Waals surface area contributed by atoms with Crippen molar-refractivity contribution in [3.8, 4) is 0 Å². The second-order valence-electron chi connectivity index (χ2n) is 5.37. The molecule has 3 nitrogen and oxygen atoms in total. The minimum atomic E-state index is -0.824. The first kappa shape index (κ1) is 13.5. The fourth-order valence-electron chi connectivity index (χ4n) is 2.66. The number of aliphatic hydroxyl groups is 1. The lowest BCUT2D eigenvalue weighted by Crippen LogP contribution is -2.45. The van der Waals surface area contributed by atoms with Crippen LogP contribution in [0.15, 0.2) is 0 Å². The van der Waals surface area contributed by atoms with Crippen LogP contribution in [0, 0.1) is 11.8 Å². The zero-order valence-electron chi connectivity index (χ0n) is 10.7. The van der Waals surface area contributed by atoms with Gasteiger partial charge in [-0.1, -0.05) is 33.1 Å². The lowest BCUT2D eigenvalue weighted by atomic mass is 9.73. The van der Waals surface area contributed by atoms with E-state index in [1.165, 1.54) is 7.11 Å². The average Bonchev–Trinajstić information content (AvgIpc) is 2.25. The molecule has 1 aliphatic carbocycles. The van der Waals surface area contributed by atoms with Gasteiger partial charge in [-0.15, -0.1) is 0 Å². The molecule has 0 aromatic heterocycles. The molecule has 0 saturated heterocycles. The van der Waals surface area contributed by atoms with E-state index >= 15 is 0 Å². The van der Waals surface area contributed by atoms with Crippen molar-refractivity contribution < 1.29 is 14.6 Å². The summed E-state index contributed by atoms with van der Waals surface area (Å²) >= 11 is 0. The van der Waals surface area contributed by atoms with Crippen LogP contribution < -0.4 is 0 Å². The van der Waals surface area contributed by atoms with Crippen LogP contribution >= 0.6 is 0 Å². The number of carbonyl (C=O) groups excluding carboxylic acids is 1. The van der Waals surface area contributed by atoms with Crippen molar-refractivity contribution >= 4 is 5.97 Å². The molecule has 1 unspecified atom stereocenters. The molecule has 1 N–H and O–H groups in total. The minimum absolute atomic E-state index is 0.252. The summed E-state index contributed by atoms with van der Waals surface area (Å²) in [6, 6.07) is 0. The average molecular weight is 228 g/mol. The first-order valence-electron chi connectivity index (χ1n) is 6.30. The maximum atomic E-state index is 11.8. The van der Waals surface area contributed by atoms with Crippen LogP contribution in [0.3, 0.4) is 0 Å². The Morgan fingerprint density at radius 1 is 1.31 bits per heavy atom. The lowest BCUT2D eigenvalue weighted by Gasteiger charge is -2.38. The Hall–Kier alpha value is -0.570. The SMILES string of the molecule is COC(=O)C(CC(C)C)C1(O)CCCCC1. The van der Waals surface area contributed by atoms with Gasteiger partial charge in [-0.3, -0.25) is 4.79 Å². The molecule has 0 aromatic carbocycles. The summed E-state index contributed by atoms with van der Waals surface area (Å²) in [6.07, 6.45) is 5.38. The lowest BCUT2D eigenvalue weighted by molar-refractivity contribution is -0.160. The smallest absolute Gasteiger partial charge is 0.311 e. The van der Waals surface area contributed by atoms with Gasteiger partial charge in [0.25, 0.3) is 0 Å². The maximum Gasteiger partial charge on any atom is 0.311 e. The largest absolute Gasteiger partial charge is 0.469 e. The van der Waals surface area contributed by atoms with E-state index in [9.17, 15) is 9.90 Å². The number of rotatable bonds is 4. The molecule has 0 aliphatic heterocycles. The van der Waals surface area contributed by atoms with Gasteiger partial charge in [0.2, 0.25) is 0 Å². The van der Waals surface area contributed by atoms with E-state index in [0.717, 1.165) is 32.1 Å². The van der Waals surface area contributed by atoms with E-state index in [4.69, 9.17) is 4.74 Å². The molecule has 0 aromatic rings. The molecule has 1 rings (SSSR count). The number of hydrogen-bond acceptors (Lipinski definition) is 3. The van der Waals surface area contributed by atoms with Crippen LogP contribution in [-0.2, 0) is 9.53 Å². The molecule has 1 saturated carbocycles. The predicted octanol–water partition coefficient (Wildman–Crippen LogP) is 2.52. The van der Waals surface area contributed by atoms with E-state index < -0.39 is 5.60 Å². The van der Waals surface area contributed by atoms with E-state index in [2.05, 4.69) is 13.8 Å². The van der Waals surface area contributed by atoms with Gasteiger partial charge in [0, 0.05) is 0 Å². The Kier molecular flexibility index (Phi) is 4.78. The third-order valence-corrected chi connectivity index (χ3v) is 3.56. The first-order chi connectivity index (χ1) is 7.49. The normalized spacial score (nSPS) is 21.8. The number of ether oxygens (including phenoxy) is 1. The Labute approximate surface area is 98.2 Å². The third-order valence-electron chi connectivity index (χ3n) is 3.56. The highest BCUT2D eigenvalue weighted by Crippen LogP contribution is 2.37. The van der Waals surface area contributed by atoms with E-state index in [0.29, 0.717) is 12.3 Å². The summed E-state index contributed by atoms with van der Waals surface area (Å²) in [4.78, 5) is 11.8. The highest BCUT2D eigenvalue weighted by atomic mass is 16.5. The Morgan fingerprint density at radius 2 is 1.88 bits per heavy atom. The zero-order valence-corrected chi connectivity index (χ0v) is 10.7. The van der Waals surface area contributed by atoms with Crippen LogP contribution in [0.25, 0.3) is 0 Å². The van der Waals surface area contributed by atoms with Crippen molar-refractivity contribution in [3.63, 3.8) is 0 Å². The van der Waals surface area contributed by atoms with Gasteiger partial charge < -0.3 is 9.84 Å². The van der Waals surface area contributed by atoms with Crippen LogP contribution in [0.2, 0.25) is 0 Å². The number of methoxy groups -OCH3 is 1. The van der Waals surface area contributed by atoms with Gasteiger partial charge in [0.1, 0.15) is 0 Å². The summed E-state index contributed by atoms with van der Waals surface area (Å²) in [5, 5.41) is 10.6. The molecule has 3 heteroatoms. The van der Waals surface area contributed by atoms with Crippen LogP contribution in [0.4, 0.5) is 0 Å². The summed E-state index contributed by atoms with van der Waals surface area (Å²) in [5.74, 6) is -0.203. The molecule has 0 amide bonds. The Morgan fingerprint density at radius 3 is 2.31 bits per heavy atom. The molecule has 0 radical (unpaired) electrons. The highest BCUT2D eigenvalue weighted by Gasteiger charge is 2.42. The second kappa shape index (κ2) is 5.67. The summed E-state index contributed by atoms with van der Waals surface area (Å²) < 4.78 is 4.83. The number of esters is 1. The van der Waals surface area contributed by atoms with Crippen LogP contribution in [-0.4, -0.2) is 23.8 Å². The first-order valence-corrected chi connectivity index (χ1v) is 6.30. The molecule has 0 spiro atoms. The van der Waals surface area contributed by atoms with Crippen LogP contribution in [0.1, 0.15) is 52.4 Å². The maximum absolute atomic E-state index is 11.8. The topological polar surface area (TPSA) is 46.5 Å². The second-order valence-corrected chi connectivity index (χ2v) is 5.37. The van der Waals surface area contributed by atoms with Gasteiger partial charge in [0.15, 0.2) is 0 Å². The number of hydrogen-bond donors (Lipinski definition) is 1. The van der Waals surface area contributed by atoms with E-state index in [-0.39, 0.29) is 11.9 Å². The molecule has 1 atom stereocenters. The van der Waals surface area contributed by atoms with Crippen molar-refractivity contribution in [2.24, 2.45) is 11.8 Å². The van der Waals surface area contributed by atoms with Crippen molar-refractivity contribution in [2.45, 2.75) is 58.0 Å². The summed E-state index contributed by atoms with van der Waals surface area (Å²) in [6.45, 7) is 4.14. The molecular formula is C13H24O3.